The Morgan fingerprint density at radius 1 is 0.957 bits per heavy atom. The molecule has 0 aliphatic carbocycles. The summed E-state index contributed by atoms with van der Waals surface area (Å²) in [5.41, 5.74) is -2.22. The van der Waals surface area contributed by atoms with Crippen LogP contribution in [-0.2, 0) is 27.3 Å². The highest BCUT2D eigenvalue weighted by Gasteiger charge is 2.58. The Kier molecular flexibility index (Phi) is 11.0. The second-order valence-corrected chi connectivity index (χ2v) is 9.14. The molecule has 140 valence electrons. The highest BCUT2D eigenvalue weighted by atomic mass is 31.2. The minimum Gasteiger partial charge on any atom is -0.375 e. The highest BCUT2D eigenvalue weighted by Crippen LogP contribution is 2.54. The van der Waals surface area contributed by atoms with Gasteiger partial charge in [-0.2, -0.15) is 0 Å². The van der Waals surface area contributed by atoms with Crippen LogP contribution in [0.25, 0.3) is 0 Å². The van der Waals surface area contributed by atoms with E-state index in [9.17, 15) is 14.4 Å². The molecule has 0 fully saturated rings. The van der Waals surface area contributed by atoms with Crippen LogP contribution in [0.5, 0.6) is 0 Å². The molecule has 0 aliphatic rings. The van der Waals surface area contributed by atoms with Crippen LogP contribution in [0.4, 0.5) is 0 Å². The van der Waals surface area contributed by atoms with E-state index in [4.69, 9.17) is 22.8 Å². The van der Waals surface area contributed by atoms with Gasteiger partial charge in [0.05, 0.1) is 0 Å². The van der Waals surface area contributed by atoms with E-state index < -0.39 is 28.5 Å². The molecule has 0 aromatic heterocycles. The van der Waals surface area contributed by atoms with Gasteiger partial charge in [0.15, 0.2) is 0 Å². The molecule has 0 saturated carbocycles. The van der Waals surface area contributed by atoms with Gasteiger partial charge in [0, 0.05) is 32.5 Å². The Balaban J connectivity index is 5.76. The van der Waals surface area contributed by atoms with E-state index in [1.807, 2.05) is 6.92 Å². The van der Waals surface area contributed by atoms with Crippen molar-refractivity contribution in [1.29, 1.82) is 0 Å². The second kappa shape index (κ2) is 10.9. The largest absolute Gasteiger partial charge is 0.503 e. The predicted octanol–water partition coefficient (Wildman–Crippen LogP) is 2.33. The molecule has 0 radical (unpaired) electrons. The fraction of sp³-hybridized carbons (Fsp3) is 1.00. The molecule has 0 aliphatic heterocycles. The first-order chi connectivity index (χ1) is 10.8. The van der Waals surface area contributed by atoms with E-state index in [1.165, 1.54) is 0 Å². The Labute approximate surface area is 139 Å². The van der Waals surface area contributed by atoms with Crippen molar-refractivity contribution in [3.63, 3.8) is 0 Å². The van der Waals surface area contributed by atoms with Crippen LogP contribution in [0.15, 0.2) is 0 Å². The standard InChI is InChI=1S/C13H31O8PSi/c1-6-11-23(19-9-4,20-10-5)21-13(18-8-3,12-17-7-2)22(14,15)16/h6-12H2,1-5H3,(H2,14,15,16). The maximum absolute atomic E-state index is 12.1. The zero-order valence-electron chi connectivity index (χ0n) is 14.7. The van der Waals surface area contributed by atoms with Crippen molar-refractivity contribution in [2.45, 2.75) is 52.6 Å². The zero-order chi connectivity index (χ0) is 18.0. The molecule has 1 unspecified atom stereocenters. The van der Waals surface area contributed by atoms with Gasteiger partial charge in [-0.05, 0) is 27.7 Å². The maximum atomic E-state index is 12.1. The zero-order valence-corrected chi connectivity index (χ0v) is 16.6. The lowest BCUT2D eigenvalue weighted by atomic mass is 10.6. The lowest BCUT2D eigenvalue weighted by Gasteiger charge is -2.40. The Morgan fingerprint density at radius 2 is 1.52 bits per heavy atom. The third kappa shape index (κ3) is 6.89. The van der Waals surface area contributed by atoms with Crippen LogP contribution in [0.3, 0.4) is 0 Å². The van der Waals surface area contributed by atoms with Gasteiger partial charge >= 0.3 is 16.4 Å². The molecule has 2 N–H and O–H groups in total. The highest BCUT2D eigenvalue weighted by molar-refractivity contribution is 7.53. The quantitative estimate of drug-likeness (QED) is 0.271. The smallest absolute Gasteiger partial charge is 0.375 e. The van der Waals surface area contributed by atoms with E-state index in [0.29, 0.717) is 25.7 Å². The van der Waals surface area contributed by atoms with Crippen LogP contribution in [0.2, 0.25) is 6.04 Å². The summed E-state index contributed by atoms with van der Waals surface area (Å²) in [6.07, 6.45) is 0.685. The van der Waals surface area contributed by atoms with E-state index in [1.54, 1.807) is 27.7 Å². The molecule has 0 rings (SSSR count). The molecule has 23 heavy (non-hydrogen) atoms. The Bertz CT molecular complexity index is 347. The third-order valence-electron chi connectivity index (χ3n) is 2.90. The molecule has 0 bridgehead atoms. The number of hydrogen-bond donors (Lipinski definition) is 2. The van der Waals surface area contributed by atoms with Gasteiger partial charge < -0.3 is 32.5 Å². The fourth-order valence-electron chi connectivity index (χ4n) is 2.07. The number of hydrogen-bond acceptors (Lipinski definition) is 6. The van der Waals surface area contributed by atoms with Gasteiger partial charge in [0.1, 0.15) is 6.61 Å². The lowest BCUT2D eigenvalue weighted by molar-refractivity contribution is -0.191. The van der Waals surface area contributed by atoms with Crippen molar-refractivity contribution in [3.05, 3.63) is 0 Å². The van der Waals surface area contributed by atoms with E-state index in [0.717, 1.165) is 0 Å². The number of rotatable bonds is 14. The third-order valence-corrected chi connectivity index (χ3v) is 7.52. The summed E-state index contributed by atoms with van der Waals surface area (Å²) in [4.78, 5) is 19.7. The minimum absolute atomic E-state index is 0.0487. The van der Waals surface area contributed by atoms with Crippen LogP contribution < -0.4 is 0 Å². The van der Waals surface area contributed by atoms with Gasteiger partial charge in [-0.15, -0.1) is 0 Å². The van der Waals surface area contributed by atoms with Gasteiger partial charge in [0.2, 0.25) is 0 Å². The summed E-state index contributed by atoms with van der Waals surface area (Å²) in [6.45, 7) is 9.36. The van der Waals surface area contributed by atoms with E-state index >= 15 is 0 Å². The van der Waals surface area contributed by atoms with Crippen molar-refractivity contribution in [2.24, 2.45) is 0 Å². The summed E-state index contributed by atoms with van der Waals surface area (Å²) in [5, 5.41) is 0. The van der Waals surface area contributed by atoms with Gasteiger partial charge in [0.25, 0.3) is 5.53 Å². The fourth-order valence-corrected chi connectivity index (χ4v) is 6.21. The first kappa shape index (κ1) is 23.2. The van der Waals surface area contributed by atoms with Crippen LogP contribution in [0.1, 0.15) is 41.0 Å². The average molecular weight is 374 g/mol. The van der Waals surface area contributed by atoms with Crippen molar-refractivity contribution < 1.29 is 37.1 Å². The molecule has 0 heterocycles. The molecule has 0 saturated heterocycles. The van der Waals surface area contributed by atoms with Crippen LogP contribution in [-0.4, -0.2) is 57.2 Å². The summed E-state index contributed by atoms with van der Waals surface area (Å²) < 4.78 is 39.9. The topological polar surface area (TPSA) is 104 Å². The Hall–Kier alpha value is 0.167. The molecule has 1 atom stereocenters. The summed E-state index contributed by atoms with van der Waals surface area (Å²) >= 11 is 0. The van der Waals surface area contributed by atoms with Crippen LogP contribution >= 0.6 is 7.60 Å². The van der Waals surface area contributed by atoms with Gasteiger partial charge in [-0.25, -0.2) is 0 Å². The predicted molar refractivity (Wildman–Crippen MR) is 88.1 cm³/mol. The number of ether oxygens (including phenoxy) is 2. The van der Waals surface area contributed by atoms with Gasteiger partial charge in [-0.1, -0.05) is 13.3 Å². The first-order valence-electron chi connectivity index (χ1n) is 8.01. The maximum Gasteiger partial charge on any atom is 0.503 e. The monoisotopic (exact) mass is 374 g/mol. The molecule has 0 spiro atoms. The normalized spacial score (nSPS) is 15.6. The minimum atomic E-state index is -4.82. The molecule has 10 heteroatoms. The SMILES string of the molecule is CCC[Si](OCC)(OCC)OC(COCC)(OCC)P(=O)(O)O. The van der Waals surface area contributed by atoms with E-state index in [-0.39, 0.29) is 13.2 Å². The first-order valence-corrected chi connectivity index (χ1v) is 11.6. The van der Waals surface area contributed by atoms with Crippen molar-refractivity contribution >= 4 is 16.4 Å². The summed E-state index contributed by atoms with van der Waals surface area (Å²) in [6, 6.07) is 0.426. The molecule has 8 nitrogen and oxygen atoms in total. The summed E-state index contributed by atoms with van der Waals surface area (Å²) in [5.74, 6) is 0. The lowest BCUT2D eigenvalue weighted by Crippen LogP contribution is -2.56. The summed E-state index contributed by atoms with van der Waals surface area (Å²) in [7, 11) is -8.14. The van der Waals surface area contributed by atoms with E-state index in [2.05, 4.69) is 0 Å². The molecule has 0 amide bonds. The van der Waals surface area contributed by atoms with Crippen molar-refractivity contribution in [2.75, 3.05) is 33.0 Å². The average Bonchev–Trinajstić information content (AvgIpc) is 2.44. The van der Waals surface area contributed by atoms with Crippen molar-refractivity contribution in [3.8, 4) is 0 Å². The molecular formula is C13H31O8PSi. The molecule has 0 aromatic carbocycles. The second-order valence-electron chi connectivity index (χ2n) is 4.73. The molecule has 0 aromatic rings. The van der Waals surface area contributed by atoms with Crippen LogP contribution in [0, 0.1) is 0 Å². The van der Waals surface area contributed by atoms with Crippen molar-refractivity contribution in [1.82, 2.24) is 0 Å². The Morgan fingerprint density at radius 3 is 1.87 bits per heavy atom. The molecular weight excluding hydrogens is 343 g/mol. The van der Waals surface area contributed by atoms with Gasteiger partial charge in [-0.3, -0.25) is 4.57 Å².